The molecule has 0 unspecified atom stereocenters. The Bertz CT molecular complexity index is 398. The van der Waals surface area contributed by atoms with Crippen molar-refractivity contribution in [2.24, 2.45) is 0 Å². The fraction of sp³-hybridized carbons (Fsp3) is 0.143. The fourth-order valence-electron chi connectivity index (χ4n) is 1.07. The molecule has 0 aromatic carbocycles. The number of aromatic amines is 1. The van der Waals surface area contributed by atoms with Crippen LogP contribution in [0.3, 0.4) is 0 Å². The van der Waals surface area contributed by atoms with E-state index < -0.39 is 0 Å². The van der Waals surface area contributed by atoms with Crippen LogP contribution in [0.25, 0.3) is 11.0 Å². The molecule has 2 aromatic rings. The normalized spacial score (nSPS) is 9.83. The topological polar surface area (TPSA) is 41.6 Å². The first kappa shape index (κ1) is 9.99. The maximum absolute atomic E-state index is 5.83. The van der Waals surface area contributed by atoms with Crippen molar-refractivity contribution in [2.45, 2.75) is 6.92 Å². The van der Waals surface area contributed by atoms with Gasteiger partial charge in [0.25, 0.3) is 0 Å². The van der Waals surface area contributed by atoms with Crippen molar-refractivity contribution >= 4 is 52.2 Å². The van der Waals surface area contributed by atoms with Crippen LogP contribution in [-0.2, 0) is 0 Å². The molecule has 12 heavy (non-hydrogen) atoms. The third-order valence-electron chi connectivity index (χ3n) is 1.62. The van der Waals surface area contributed by atoms with Crippen molar-refractivity contribution in [3.8, 4) is 0 Å². The van der Waals surface area contributed by atoms with Gasteiger partial charge in [-0.15, -0.1) is 0 Å². The van der Waals surface area contributed by atoms with E-state index in [9.17, 15) is 0 Å². The van der Waals surface area contributed by atoms with E-state index in [0.29, 0.717) is 5.15 Å². The molecule has 0 aliphatic heterocycles. The van der Waals surface area contributed by atoms with Gasteiger partial charge in [0.1, 0.15) is 17.1 Å². The van der Waals surface area contributed by atoms with Crippen LogP contribution in [0.1, 0.15) is 5.56 Å². The second-order valence-electron chi connectivity index (χ2n) is 2.36. The first-order valence-corrected chi connectivity index (χ1v) is 3.61. The number of nitrogens with zero attached hydrogens (tertiary/aromatic N) is 2. The van der Waals surface area contributed by atoms with Gasteiger partial charge < -0.3 is 4.98 Å². The monoisotopic (exact) mass is 190 g/mol. The third-order valence-corrected chi connectivity index (χ3v) is 1.91. The molecule has 1 radical (unpaired) electrons. The molecule has 0 fully saturated rings. The molecule has 0 saturated carbocycles. The zero-order valence-electron chi connectivity index (χ0n) is 6.93. The Morgan fingerprint density at radius 1 is 1.42 bits per heavy atom. The van der Waals surface area contributed by atoms with Crippen molar-refractivity contribution in [3.63, 3.8) is 0 Å². The van der Waals surface area contributed by atoms with Crippen molar-refractivity contribution in [1.29, 1.82) is 0 Å². The van der Waals surface area contributed by atoms with Crippen LogP contribution in [0.4, 0.5) is 0 Å². The van der Waals surface area contributed by atoms with E-state index in [1.165, 1.54) is 6.33 Å². The number of nitrogens with one attached hydrogen (secondary N) is 1. The summed E-state index contributed by atoms with van der Waals surface area (Å²) in [6.45, 7) is 1.97. The van der Waals surface area contributed by atoms with Crippen molar-refractivity contribution in [1.82, 2.24) is 15.0 Å². The van der Waals surface area contributed by atoms with Crippen molar-refractivity contribution < 1.29 is 0 Å². The maximum atomic E-state index is 5.83. The molecule has 0 amide bonds. The van der Waals surface area contributed by atoms with Crippen molar-refractivity contribution in [3.05, 3.63) is 23.2 Å². The summed E-state index contributed by atoms with van der Waals surface area (Å²) in [6.07, 6.45) is 3.31. The van der Waals surface area contributed by atoms with E-state index >= 15 is 0 Å². The molecule has 2 aromatic heterocycles. The molecule has 2 heterocycles. The van der Waals surface area contributed by atoms with Gasteiger partial charge in [0, 0.05) is 35.8 Å². The summed E-state index contributed by atoms with van der Waals surface area (Å²) in [5.74, 6) is 0. The van der Waals surface area contributed by atoms with E-state index in [4.69, 9.17) is 11.6 Å². The molecule has 57 valence electrons. The van der Waals surface area contributed by atoms with E-state index in [0.717, 1.165) is 16.6 Å². The molecule has 0 spiro atoms. The van der Waals surface area contributed by atoms with Gasteiger partial charge in [0.05, 0.1) is 5.39 Å². The van der Waals surface area contributed by atoms with Crippen LogP contribution >= 0.6 is 11.6 Å². The second kappa shape index (κ2) is 3.75. The molecule has 0 atom stereocenters. The van der Waals surface area contributed by atoms with E-state index in [-0.39, 0.29) is 29.6 Å². The van der Waals surface area contributed by atoms with E-state index in [1.54, 1.807) is 0 Å². The average molecular weight is 191 g/mol. The number of H-pyrrole nitrogens is 1. The molecule has 0 aliphatic rings. The Morgan fingerprint density at radius 2 is 2.17 bits per heavy atom. The second-order valence-corrected chi connectivity index (χ2v) is 2.72. The number of hydrogen-bond acceptors (Lipinski definition) is 2. The molecular formula is C7H6ClN3Na. The molecule has 2 rings (SSSR count). The Balaban J connectivity index is 0.000000720. The summed E-state index contributed by atoms with van der Waals surface area (Å²) < 4.78 is 0. The summed E-state index contributed by atoms with van der Waals surface area (Å²) in [5.41, 5.74) is 1.87. The number of aryl methyl sites for hydroxylation is 1. The molecule has 1 N–H and O–H groups in total. The standard InChI is InChI=1S/C7H6ClN3.Na/c1-4-2-9-7-5(4)6(8)10-3-11-7;/h2-3H,1H3,(H,9,10,11);. The fourth-order valence-corrected chi connectivity index (χ4v) is 1.35. The largest absolute Gasteiger partial charge is 0.346 e. The predicted octanol–water partition coefficient (Wildman–Crippen LogP) is 1.54. The summed E-state index contributed by atoms with van der Waals surface area (Å²) in [4.78, 5) is 10.9. The molecule has 0 aliphatic carbocycles. The van der Waals surface area contributed by atoms with Crippen LogP contribution in [0.15, 0.2) is 12.5 Å². The number of rotatable bonds is 0. The zero-order valence-corrected chi connectivity index (χ0v) is 9.68. The van der Waals surface area contributed by atoms with Gasteiger partial charge in [-0.25, -0.2) is 9.97 Å². The first-order valence-electron chi connectivity index (χ1n) is 3.23. The number of fused-ring (bicyclic) bond motifs is 1. The maximum Gasteiger partial charge on any atom is 0.142 e. The summed E-state index contributed by atoms with van der Waals surface area (Å²) >= 11 is 5.83. The average Bonchev–Trinajstić information content (AvgIpc) is 2.34. The number of halogens is 1. The Morgan fingerprint density at radius 3 is 2.83 bits per heavy atom. The summed E-state index contributed by atoms with van der Waals surface area (Å²) in [5, 5.41) is 1.42. The number of aromatic nitrogens is 3. The van der Waals surface area contributed by atoms with Gasteiger partial charge in [-0.3, -0.25) is 0 Å². The predicted molar refractivity (Wildman–Crippen MR) is 49.4 cm³/mol. The van der Waals surface area contributed by atoms with Crippen LogP contribution < -0.4 is 0 Å². The first-order chi connectivity index (χ1) is 5.29. The Kier molecular flexibility index (Phi) is 3.12. The van der Waals surface area contributed by atoms with Crippen LogP contribution in [0.2, 0.25) is 5.15 Å². The van der Waals surface area contributed by atoms with E-state index in [2.05, 4.69) is 15.0 Å². The van der Waals surface area contributed by atoms with Gasteiger partial charge in [0.15, 0.2) is 0 Å². The Labute approximate surface area is 96.8 Å². The third kappa shape index (κ3) is 1.50. The molecule has 0 bridgehead atoms. The van der Waals surface area contributed by atoms with E-state index in [1.807, 2.05) is 13.1 Å². The molecule has 0 saturated heterocycles. The van der Waals surface area contributed by atoms with Crippen LogP contribution in [-0.4, -0.2) is 44.5 Å². The molecule has 5 heteroatoms. The minimum absolute atomic E-state index is 0. The Hall–Kier alpha value is -0.0900. The quantitative estimate of drug-likeness (QED) is 0.506. The number of hydrogen-bond donors (Lipinski definition) is 1. The zero-order chi connectivity index (χ0) is 7.84. The summed E-state index contributed by atoms with van der Waals surface area (Å²) in [6, 6.07) is 0. The van der Waals surface area contributed by atoms with Crippen LogP contribution in [0, 0.1) is 6.92 Å². The molecule has 3 nitrogen and oxygen atoms in total. The van der Waals surface area contributed by atoms with Gasteiger partial charge in [-0.2, -0.15) is 0 Å². The summed E-state index contributed by atoms with van der Waals surface area (Å²) in [7, 11) is 0. The SMILES string of the molecule is Cc1c[nH]c2ncnc(Cl)c12.[Na]. The van der Waals surface area contributed by atoms with Crippen molar-refractivity contribution in [2.75, 3.05) is 0 Å². The van der Waals surface area contributed by atoms with Gasteiger partial charge in [0.2, 0.25) is 0 Å². The minimum atomic E-state index is 0. The van der Waals surface area contributed by atoms with Crippen LogP contribution in [0.5, 0.6) is 0 Å². The molecular weight excluding hydrogens is 185 g/mol. The minimum Gasteiger partial charge on any atom is -0.346 e. The van der Waals surface area contributed by atoms with Gasteiger partial charge >= 0.3 is 0 Å². The van der Waals surface area contributed by atoms with Gasteiger partial charge in [-0.1, -0.05) is 11.6 Å². The smallest absolute Gasteiger partial charge is 0.142 e. The van der Waals surface area contributed by atoms with Gasteiger partial charge in [-0.05, 0) is 12.5 Å².